The average Bonchev–Trinajstić information content (AvgIpc) is 2.52. The zero-order chi connectivity index (χ0) is 15.2. The fourth-order valence-electron chi connectivity index (χ4n) is 2.17. The number of benzene rings is 1. The van der Waals surface area contributed by atoms with E-state index in [1.165, 1.54) is 31.2 Å². The van der Waals surface area contributed by atoms with Crippen LogP contribution < -0.4 is 10.1 Å². The molecule has 1 aromatic rings. The Labute approximate surface area is 130 Å². The lowest BCUT2D eigenvalue weighted by molar-refractivity contribution is 0.0967. The molecule has 0 heterocycles. The highest BCUT2D eigenvalue weighted by atomic mass is 16.5. The van der Waals surface area contributed by atoms with Crippen molar-refractivity contribution in [3.8, 4) is 5.75 Å². The lowest BCUT2D eigenvalue weighted by Gasteiger charge is -2.12. The number of ether oxygens (including phenoxy) is 2. The molecule has 0 spiro atoms. The van der Waals surface area contributed by atoms with Crippen molar-refractivity contribution in [3.05, 3.63) is 29.8 Å². The number of unbranched alkanes of at least 4 members (excludes halogenated alkanes) is 4. The van der Waals surface area contributed by atoms with Gasteiger partial charge in [-0.2, -0.15) is 0 Å². The third-order valence-electron chi connectivity index (χ3n) is 3.42. The van der Waals surface area contributed by atoms with E-state index in [9.17, 15) is 0 Å². The molecule has 3 heteroatoms. The maximum Gasteiger partial charge on any atom is 0.123 e. The summed E-state index contributed by atoms with van der Waals surface area (Å²) in [6, 6.07) is 8.19. The summed E-state index contributed by atoms with van der Waals surface area (Å²) in [5.41, 5.74) is 1.21. The van der Waals surface area contributed by atoms with Crippen molar-refractivity contribution in [2.75, 3.05) is 26.4 Å². The Morgan fingerprint density at radius 1 is 0.905 bits per heavy atom. The van der Waals surface area contributed by atoms with Crippen LogP contribution in [0.2, 0.25) is 0 Å². The van der Waals surface area contributed by atoms with Gasteiger partial charge in [0.25, 0.3) is 0 Å². The first-order chi connectivity index (χ1) is 10.4. The van der Waals surface area contributed by atoms with Crippen molar-refractivity contribution in [2.24, 2.45) is 0 Å². The quantitative estimate of drug-likeness (QED) is 0.554. The van der Waals surface area contributed by atoms with Gasteiger partial charge in [-0.1, -0.05) is 57.7 Å². The Kier molecular flexibility index (Phi) is 10.8. The fourth-order valence-corrected chi connectivity index (χ4v) is 2.17. The van der Waals surface area contributed by atoms with Gasteiger partial charge in [0.2, 0.25) is 0 Å². The zero-order valence-electron chi connectivity index (χ0n) is 13.7. The maximum absolute atomic E-state index is 5.81. The number of hydrogen-bond acceptors (Lipinski definition) is 3. The van der Waals surface area contributed by atoms with Gasteiger partial charge in [-0.25, -0.2) is 0 Å². The largest absolute Gasteiger partial charge is 0.491 e. The highest BCUT2D eigenvalue weighted by Gasteiger charge is 2.01. The normalized spacial score (nSPS) is 10.8. The molecule has 0 fully saturated rings. The van der Waals surface area contributed by atoms with Gasteiger partial charge in [-0.3, -0.25) is 0 Å². The summed E-state index contributed by atoms with van der Waals surface area (Å²) in [6.45, 7) is 8.31. The molecule has 0 aliphatic heterocycles. The molecule has 21 heavy (non-hydrogen) atoms. The van der Waals surface area contributed by atoms with Crippen LogP contribution >= 0.6 is 0 Å². The Balaban J connectivity index is 2.09. The third-order valence-corrected chi connectivity index (χ3v) is 3.42. The second kappa shape index (κ2) is 12.7. The Bertz CT molecular complexity index is 355. The fraction of sp³-hybridized carbons (Fsp3) is 0.667. The van der Waals surface area contributed by atoms with Crippen molar-refractivity contribution in [3.63, 3.8) is 0 Å². The minimum absolute atomic E-state index is 0.623. The van der Waals surface area contributed by atoms with Gasteiger partial charge in [0.05, 0.1) is 6.61 Å². The molecule has 1 N–H and O–H groups in total. The average molecular weight is 293 g/mol. The Hall–Kier alpha value is -1.06. The van der Waals surface area contributed by atoms with E-state index in [2.05, 4.69) is 25.2 Å². The van der Waals surface area contributed by atoms with Crippen LogP contribution in [0.5, 0.6) is 5.75 Å². The van der Waals surface area contributed by atoms with Gasteiger partial charge in [0, 0.05) is 18.7 Å². The molecule has 3 nitrogen and oxygen atoms in total. The molecule has 0 atom stereocenters. The van der Waals surface area contributed by atoms with Crippen LogP contribution in [0.3, 0.4) is 0 Å². The Morgan fingerprint density at radius 3 is 2.52 bits per heavy atom. The predicted octanol–water partition coefficient (Wildman–Crippen LogP) is 4.16. The highest BCUT2D eigenvalue weighted by molar-refractivity contribution is 5.33. The number of para-hydroxylation sites is 1. The van der Waals surface area contributed by atoms with Gasteiger partial charge in [0.1, 0.15) is 12.4 Å². The van der Waals surface area contributed by atoms with Gasteiger partial charge in [-0.15, -0.1) is 0 Å². The second-order valence-electron chi connectivity index (χ2n) is 5.26. The Morgan fingerprint density at radius 2 is 1.71 bits per heavy atom. The van der Waals surface area contributed by atoms with Crippen molar-refractivity contribution >= 4 is 0 Å². The highest BCUT2D eigenvalue weighted by Crippen LogP contribution is 2.17. The van der Waals surface area contributed by atoms with Crippen LogP contribution in [-0.4, -0.2) is 26.4 Å². The predicted molar refractivity (Wildman–Crippen MR) is 88.9 cm³/mol. The van der Waals surface area contributed by atoms with Crippen LogP contribution in [0.4, 0.5) is 0 Å². The van der Waals surface area contributed by atoms with E-state index in [0.29, 0.717) is 13.2 Å². The van der Waals surface area contributed by atoms with Crippen LogP contribution in [0.15, 0.2) is 24.3 Å². The van der Waals surface area contributed by atoms with E-state index in [1.54, 1.807) is 0 Å². The van der Waals surface area contributed by atoms with E-state index < -0.39 is 0 Å². The van der Waals surface area contributed by atoms with Crippen LogP contribution in [-0.2, 0) is 11.3 Å². The molecule has 0 aliphatic rings. The van der Waals surface area contributed by atoms with E-state index in [-0.39, 0.29) is 0 Å². The summed E-state index contributed by atoms with van der Waals surface area (Å²) < 4.78 is 11.4. The number of rotatable bonds is 13. The summed E-state index contributed by atoms with van der Waals surface area (Å²) in [5, 5.41) is 3.33. The van der Waals surface area contributed by atoms with Gasteiger partial charge >= 0.3 is 0 Å². The van der Waals surface area contributed by atoms with Crippen LogP contribution in [0.1, 0.15) is 51.5 Å². The minimum Gasteiger partial charge on any atom is -0.491 e. The summed E-state index contributed by atoms with van der Waals surface area (Å²) in [7, 11) is 0. The molecule has 0 unspecified atom stereocenters. The molecule has 0 amide bonds. The molecule has 0 aromatic heterocycles. The van der Waals surface area contributed by atoms with E-state index >= 15 is 0 Å². The molecule has 1 aromatic carbocycles. The molecular weight excluding hydrogens is 262 g/mol. The summed E-state index contributed by atoms with van der Waals surface area (Å²) in [6.07, 6.45) is 6.40. The number of hydrogen-bond donors (Lipinski definition) is 1. The standard InChI is InChI=1S/C18H31NO2/c1-3-5-6-7-10-13-20-14-15-21-18-12-9-8-11-17(18)16-19-4-2/h8-9,11-12,19H,3-7,10,13-16H2,1-2H3. The minimum atomic E-state index is 0.623. The molecule has 1 rings (SSSR count). The summed E-state index contributed by atoms with van der Waals surface area (Å²) in [4.78, 5) is 0. The SMILES string of the molecule is CCCCCCCOCCOc1ccccc1CNCC. The second-order valence-corrected chi connectivity index (χ2v) is 5.26. The van der Waals surface area contributed by atoms with Crippen LogP contribution in [0.25, 0.3) is 0 Å². The first kappa shape index (κ1) is 18.0. The lowest BCUT2D eigenvalue weighted by Crippen LogP contribution is -2.14. The molecular formula is C18H31NO2. The van der Waals surface area contributed by atoms with E-state index in [1.807, 2.05) is 18.2 Å². The van der Waals surface area contributed by atoms with Gasteiger partial charge < -0.3 is 14.8 Å². The third kappa shape index (κ3) is 8.74. The first-order valence-corrected chi connectivity index (χ1v) is 8.37. The molecule has 0 aliphatic carbocycles. The van der Waals surface area contributed by atoms with E-state index in [0.717, 1.165) is 31.9 Å². The van der Waals surface area contributed by atoms with Crippen molar-refractivity contribution in [1.29, 1.82) is 0 Å². The van der Waals surface area contributed by atoms with Crippen molar-refractivity contribution in [1.82, 2.24) is 5.32 Å². The monoisotopic (exact) mass is 293 g/mol. The van der Waals surface area contributed by atoms with Crippen molar-refractivity contribution in [2.45, 2.75) is 52.5 Å². The van der Waals surface area contributed by atoms with E-state index in [4.69, 9.17) is 9.47 Å². The topological polar surface area (TPSA) is 30.5 Å². The summed E-state index contributed by atoms with van der Waals surface area (Å²) >= 11 is 0. The van der Waals surface area contributed by atoms with Gasteiger partial charge in [-0.05, 0) is 19.0 Å². The first-order valence-electron chi connectivity index (χ1n) is 8.37. The lowest BCUT2D eigenvalue weighted by atomic mass is 10.2. The molecule has 0 saturated carbocycles. The molecule has 0 saturated heterocycles. The molecule has 0 bridgehead atoms. The molecule has 120 valence electrons. The smallest absolute Gasteiger partial charge is 0.123 e. The maximum atomic E-state index is 5.81. The van der Waals surface area contributed by atoms with Gasteiger partial charge in [0.15, 0.2) is 0 Å². The number of nitrogens with one attached hydrogen (secondary N) is 1. The zero-order valence-corrected chi connectivity index (χ0v) is 13.7. The molecule has 0 radical (unpaired) electrons. The summed E-state index contributed by atoms with van der Waals surface area (Å²) in [5.74, 6) is 0.963. The van der Waals surface area contributed by atoms with Crippen LogP contribution in [0, 0.1) is 0 Å². The van der Waals surface area contributed by atoms with Crippen molar-refractivity contribution < 1.29 is 9.47 Å².